The molecule has 3 rings (SSSR count). The molecule has 0 spiro atoms. The van der Waals surface area contributed by atoms with Crippen molar-refractivity contribution in [2.45, 2.75) is 117 Å². The van der Waals surface area contributed by atoms with Crippen LogP contribution in [0.5, 0.6) is 0 Å². The van der Waals surface area contributed by atoms with E-state index in [4.69, 9.17) is 5.73 Å². The summed E-state index contributed by atoms with van der Waals surface area (Å²) in [6.45, 7) is 11.5. The van der Waals surface area contributed by atoms with Gasteiger partial charge in [0.05, 0.1) is 0 Å². The summed E-state index contributed by atoms with van der Waals surface area (Å²) in [6.07, 6.45) is 8.55. The summed E-state index contributed by atoms with van der Waals surface area (Å²) < 4.78 is 0. The molecule has 1 aliphatic carbocycles. The molecule has 0 bridgehead atoms. The van der Waals surface area contributed by atoms with Gasteiger partial charge in [0, 0.05) is 48.8 Å². The standard InChI is InChI=1S/C39H59N5O4/c1-6-21-44(22-7-2)39(48)32-20-14-19-31(25-32)37(46)42-34(24-29-15-10-8-11-16-29)33(40)23-28(5)36(45)43-35(27(3)4)38(47)41-26-30-17-12-9-13-18-30/h9,12-14,17-20,25,27-29,33-35H,6-8,10-11,15-16,21-24,26,40H2,1-5H3,(H,41,47)(H,42,46)(H,43,45)/t28-,33+,34+,35+/m1/s1. The van der Waals surface area contributed by atoms with Crippen molar-refractivity contribution in [2.24, 2.45) is 23.5 Å². The molecule has 0 unspecified atom stereocenters. The van der Waals surface area contributed by atoms with Gasteiger partial charge in [-0.2, -0.15) is 0 Å². The zero-order valence-electron chi connectivity index (χ0n) is 29.8. The molecule has 0 radical (unpaired) electrons. The highest BCUT2D eigenvalue weighted by molar-refractivity contribution is 5.99. The highest BCUT2D eigenvalue weighted by Crippen LogP contribution is 2.29. The summed E-state index contributed by atoms with van der Waals surface area (Å²) in [5.74, 6) is -0.948. The molecule has 1 fully saturated rings. The Bertz CT molecular complexity index is 1300. The zero-order valence-corrected chi connectivity index (χ0v) is 29.8. The predicted octanol–water partition coefficient (Wildman–Crippen LogP) is 5.83. The maximum atomic E-state index is 13.7. The minimum absolute atomic E-state index is 0.0721. The summed E-state index contributed by atoms with van der Waals surface area (Å²) >= 11 is 0. The van der Waals surface area contributed by atoms with Crippen LogP contribution in [-0.4, -0.2) is 59.7 Å². The van der Waals surface area contributed by atoms with E-state index in [1.54, 1.807) is 24.3 Å². The largest absolute Gasteiger partial charge is 0.350 e. The third-order valence-electron chi connectivity index (χ3n) is 9.42. The molecular weight excluding hydrogens is 602 g/mol. The van der Waals surface area contributed by atoms with Crippen molar-refractivity contribution >= 4 is 23.6 Å². The van der Waals surface area contributed by atoms with Gasteiger partial charge in [-0.3, -0.25) is 19.2 Å². The van der Waals surface area contributed by atoms with Crippen LogP contribution in [0.4, 0.5) is 0 Å². The number of nitrogens with two attached hydrogens (primary N) is 1. The number of nitrogens with one attached hydrogen (secondary N) is 3. The van der Waals surface area contributed by atoms with Crippen molar-refractivity contribution in [3.8, 4) is 0 Å². The lowest BCUT2D eigenvalue weighted by atomic mass is 9.82. The zero-order chi connectivity index (χ0) is 35.1. The quantitative estimate of drug-likeness (QED) is 0.160. The molecule has 264 valence electrons. The highest BCUT2D eigenvalue weighted by atomic mass is 16.2. The second-order valence-corrected chi connectivity index (χ2v) is 13.9. The first-order valence-corrected chi connectivity index (χ1v) is 18.1. The van der Waals surface area contributed by atoms with Crippen LogP contribution in [0, 0.1) is 17.8 Å². The van der Waals surface area contributed by atoms with Gasteiger partial charge in [-0.25, -0.2) is 0 Å². The van der Waals surface area contributed by atoms with Crippen molar-refractivity contribution in [1.82, 2.24) is 20.9 Å². The van der Waals surface area contributed by atoms with Gasteiger partial charge in [0.2, 0.25) is 11.8 Å². The van der Waals surface area contributed by atoms with Crippen LogP contribution in [0.3, 0.4) is 0 Å². The molecule has 4 amide bonds. The fraction of sp³-hybridized carbons (Fsp3) is 0.590. The van der Waals surface area contributed by atoms with Crippen molar-refractivity contribution < 1.29 is 19.2 Å². The number of benzene rings is 2. The molecule has 0 saturated heterocycles. The SMILES string of the molecule is CCCN(CCC)C(=O)c1cccc(C(=O)N[C@@H](CC2CCCCC2)[C@@H](N)C[C@@H](C)C(=O)N[C@H](C(=O)NCc2ccccc2)C(C)C)c1. The van der Waals surface area contributed by atoms with Crippen molar-refractivity contribution in [3.05, 3.63) is 71.3 Å². The second-order valence-electron chi connectivity index (χ2n) is 13.9. The monoisotopic (exact) mass is 661 g/mol. The lowest BCUT2D eigenvalue weighted by Crippen LogP contribution is -2.53. The van der Waals surface area contributed by atoms with Crippen LogP contribution in [0.1, 0.15) is 119 Å². The fourth-order valence-corrected chi connectivity index (χ4v) is 6.61. The van der Waals surface area contributed by atoms with Gasteiger partial charge >= 0.3 is 0 Å². The average Bonchev–Trinajstić information content (AvgIpc) is 3.09. The number of carbonyl (C=O) groups excluding carboxylic acids is 4. The minimum Gasteiger partial charge on any atom is -0.350 e. The number of hydrogen-bond acceptors (Lipinski definition) is 5. The van der Waals surface area contributed by atoms with E-state index in [9.17, 15) is 19.2 Å². The molecule has 0 heterocycles. The van der Waals surface area contributed by atoms with Gasteiger partial charge in [0.1, 0.15) is 6.04 Å². The Kier molecular flexibility index (Phi) is 16.1. The number of nitrogens with zero attached hydrogens (tertiary/aromatic N) is 1. The highest BCUT2D eigenvalue weighted by Gasteiger charge is 2.31. The third kappa shape index (κ3) is 12.1. The maximum absolute atomic E-state index is 13.7. The van der Waals surface area contributed by atoms with E-state index in [1.165, 1.54) is 19.3 Å². The fourth-order valence-electron chi connectivity index (χ4n) is 6.61. The molecule has 0 aliphatic heterocycles. The Morgan fingerprint density at radius 1 is 0.833 bits per heavy atom. The van der Waals surface area contributed by atoms with E-state index in [-0.39, 0.29) is 35.6 Å². The molecule has 5 N–H and O–H groups in total. The number of hydrogen-bond donors (Lipinski definition) is 4. The average molecular weight is 662 g/mol. The van der Waals surface area contributed by atoms with Gasteiger partial charge < -0.3 is 26.6 Å². The summed E-state index contributed by atoms with van der Waals surface area (Å²) in [5, 5.41) is 9.10. The minimum atomic E-state index is -0.682. The Balaban J connectivity index is 1.69. The van der Waals surface area contributed by atoms with E-state index in [0.29, 0.717) is 43.1 Å². The second kappa shape index (κ2) is 19.9. The number of amides is 4. The lowest BCUT2D eigenvalue weighted by Gasteiger charge is -2.32. The third-order valence-corrected chi connectivity index (χ3v) is 9.42. The molecule has 1 saturated carbocycles. The molecular formula is C39H59N5O4. The van der Waals surface area contributed by atoms with Crippen LogP contribution < -0.4 is 21.7 Å². The molecule has 2 aromatic rings. The molecule has 2 aromatic carbocycles. The van der Waals surface area contributed by atoms with Crippen LogP contribution in [0.25, 0.3) is 0 Å². The van der Waals surface area contributed by atoms with E-state index in [2.05, 4.69) is 16.0 Å². The van der Waals surface area contributed by atoms with Crippen LogP contribution in [-0.2, 0) is 16.1 Å². The Morgan fingerprint density at radius 3 is 2.10 bits per heavy atom. The summed E-state index contributed by atoms with van der Waals surface area (Å²) in [5.41, 5.74) is 8.71. The summed E-state index contributed by atoms with van der Waals surface area (Å²) in [7, 11) is 0. The van der Waals surface area contributed by atoms with E-state index >= 15 is 0 Å². The Morgan fingerprint density at radius 2 is 1.48 bits per heavy atom. The maximum Gasteiger partial charge on any atom is 0.253 e. The lowest BCUT2D eigenvalue weighted by molar-refractivity contribution is -0.132. The first-order chi connectivity index (χ1) is 23.0. The van der Waals surface area contributed by atoms with Crippen molar-refractivity contribution in [1.29, 1.82) is 0 Å². The number of carbonyl (C=O) groups is 4. The predicted molar refractivity (Wildman–Crippen MR) is 192 cm³/mol. The Labute approximate surface area is 288 Å². The molecule has 1 aliphatic rings. The molecule has 9 heteroatoms. The molecule has 4 atom stereocenters. The van der Waals surface area contributed by atoms with Crippen molar-refractivity contribution in [2.75, 3.05) is 13.1 Å². The van der Waals surface area contributed by atoms with E-state index in [0.717, 1.165) is 37.7 Å². The summed E-state index contributed by atoms with van der Waals surface area (Å²) in [6, 6.07) is 15.1. The smallest absolute Gasteiger partial charge is 0.253 e. The van der Waals surface area contributed by atoms with Gasteiger partial charge in [-0.05, 0) is 61.3 Å². The van der Waals surface area contributed by atoms with E-state index < -0.39 is 18.0 Å². The topological polar surface area (TPSA) is 134 Å². The van der Waals surface area contributed by atoms with Gasteiger partial charge in [0.25, 0.3) is 11.8 Å². The Hall–Kier alpha value is -3.72. The van der Waals surface area contributed by atoms with Crippen LogP contribution in [0.15, 0.2) is 54.6 Å². The van der Waals surface area contributed by atoms with Gasteiger partial charge in [0.15, 0.2) is 0 Å². The molecule has 48 heavy (non-hydrogen) atoms. The molecule has 9 nitrogen and oxygen atoms in total. The van der Waals surface area contributed by atoms with Crippen molar-refractivity contribution in [3.63, 3.8) is 0 Å². The first-order valence-electron chi connectivity index (χ1n) is 18.1. The van der Waals surface area contributed by atoms with Crippen LogP contribution in [0.2, 0.25) is 0 Å². The summed E-state index contributed by atoms with van der Waals surface area (Å²) in [4.78, 5) is 55.2. The normalized spacial score (nSPS) is 16.0. The van der Waals surface area contributed by atoms with Crippen LogP contribution >= 0.6 is 0 Å². The molecule has 0 aromatic heterocycles. The van der Waals surface area contributed by atoms with E-state index in [1.807, 2.05) is 69.9 Å². The van der Waals surface area contributed by atoms with Gasteiger partial charge in [-0.15, -0.1) is 0 Å². The van der Waals surface area contributed by atoms with Gasteiger partial charge in [-0.1, -0.05) is 103 Å². The number of rotatable bonds is 18. The first kappa shape index (κ1) is 38.7.